The van der Waals surface area contributed by atoms with Crippen molar-refractivity contribution in [3.63, 3.8) is 0 Å². The summed E-state index contributed by atoms with van der Waals surface area (Å²) in [4.78, 5) is 8.30. The number of nitrogen functional groups attached to an aromatic ring is 1. The second-order valence-electron chi connectivity index (χ2n) is 4.49. The Bertz CT molecular complexity index is 620. The van der Waals surface area contributed by atoms with E-state index in [4.69, 9.17) is 22.1 Å². The van der Waals surface area contributed by atoms with E-state index in [1.54, 1.807) is 7.11 Å². The quantitative estimate of drug-likeness (QED) is 0.712. The average molecular weight is 308 g/mol. The molecule has 0 aliphatic heterocycles. The second-order valence-corrected chi connectivity index (χ2v) is 4.92. The van der Waals surface area contributed by atoms with E-state index >= 15 is 0 Å². The highest BCUT2D eigenvalue weighted by atomic mass is 35.5. The summed E-state index contributed by atoms with van der Waals surface area (Å²) in [5.74, 6) is 1.11. The number of anilines is 4. The van der Waals surface area contributed by atoms with Crippen molar-refractivity contribution in [1.29, 1.82) is 0 Å². The molecule has 21 heavy (non-hydrogen) atoms. The maximum atomic E-state index is 6.08. The van der Waals surface area contributed by atoms with Gasteiger partial charge in [-0.2, -0.15) is 0 Å². The normalized spacial score (nSPS) is 10.4. The van der Waals surface area contributed by atoms with Crippen molar-refractivity contribution in [2.24, 2.45) is 0 Å². The van der Waals surface area contributed by atoms with Gasteiger partial charge in [0.1, 0.15) is 12.0 Å². The van der Waals surface area contributed by atoms with Gasteiger partial charge in [0.15, 0.2) is 11.6 Å². The molecule has 0 aliphatic carbocycles. The van der Waals surface area contributed by atoms with Gasteiger partial charge in [-0.25, -0.2) is 9.97 Å². The number of hydrogen-bond acceptors (Lipinski definition) is 6. The van der Waals surface area contributed by atoms with Crippen LogP contribution in [0.4, 0.5) is 23.0 Å². The first kappa shape index (κ1) is 15.3. The zero-order valence-corrected chi connectivity index (χ0v) is 12.7. The fourth-order valence-corrected chi connectivity index (χ4v) is 1.94. The minimum absolute atomic E-state index is 0.452. The third kappa shape index (κ3) is 3.96. The number of nitrogens with one attached hydrogen (secondary N) is 2. The third-order valence-electron chi connectivity index (χ3n) is 2.94. The Morgan fingerprint density at radius 2 is 2.05 bits per heavy atom. The summed E-state index contributed by atoms with van der Waals surface area (Å²) in [6, 6.07) is 5.60. The summed E-state index contributed by atoms with van der Waals surface area (Å²) in [5, 5.41) is 6.93. The largest absolute Gasteiger partial charge is 0.393 e. The highest BCUT2D eigenvalue weighted by molar-refractivity contribution is 6.30. The van der Waals surface area contributed by atoms with Gasteiger partial charge in [-0.1, -0.05) is 17.7 Å². The van der Waals surface area contributed by atoms with Gasteiger partial charge in [0, 0.05) is 24.4 Å². The minimum atomic E-state index is 0.452. The van der Waals surface area contributed by atoms with E-state index in [0.717, 1.165) is 11.3 Å². The van der Waals surface area contributed by atoms with Crippen LogP contribution >= 0.6 is 11.6 Å². The smallest absolute Gasteiger partial charge is 0.159 e. The molecular formula is C14H18ClN5O. The van der Waals surface area contributed by atoms with Gasteiger partial charge in [0.05, 0.1) is 6.61 Å². The van der Waals surface area contributed by atoms with Gasteiger partial charge in [0.2, 0.25) is 0 Å². The van der Waals surface area contributed by atoms with E-state index in [0.29, 0.717) is 35.5 Å². The average Bonchev–Trinajstić information content (AvgIpc) is 2.47. The number of rotatable bonds is 6. The summed E-state index contributed by atoms with van der Waals surface area (Å²) in [6.45, 7) is 3.17. The Morgan fingerprint density at radius 3 is 2.81 bits per heavy atom. The van der Waals surface area contributed by atoms with Gasteiger partial charge < -0.3 is 21.1 Å². The SMILES string of the molecule is COCCNc1ncnc(Nc2cc(Cl)ccc2C)c1N. The molecule has 0 aliphatic rings. The van der Waals surface area contributed by atoms with Crippen LogP contribution in [0.2, 0.25) is 5.02 Å². The molecule has 0 saturated carbocycles. The minimum Gasteiger partial charge on any atom is -0.393 e. The molecule has 4 N–H and O–H groups in total. The lowest BCUT2D eigenvalue weighted by Gasteiger charge is -2.13. The molecule has 0 spiro atoms. The lowest BCUT2D eigenvalue weighted by molar-refractivity contribution is 0.210. The number of nitrogens with two attached hydrogens (primary N) is 1. The number of ether oxygens (including phenoxy) is 1. The van der Waals surface area contributed by atoms with Gasteiger partial charge in [-0.05, 0) is 24.6 Å². The first-order chi connectivity index (χ1) is 10.1. The molecule has 0 saturated heterocycles. The van der Waals surface area contributed by atoms with Crippen molar-refractivity contribution in [2.45, 2.75) is 6.92 Å². The second kappa shape index (κ2) is 7.10. The molecule has 1 aromatic carbocycles. The highest BCUT2D eigenvalue weighted by Crippen LogP contribution is 2.28. The van der Waals surface area contributed by atoms with Gasteiger partial charge >= 0.3 is 0 Å². The topological polar surface area (TPSA) is 85.1 Å². The Hall–Kier alpha value is -2.05. The van der Waals surface area contributed by atoms with Crippen molar-refractivity contribution in [2.75, 3.05) is 36.6 Å². The monoisotopic (exact) mass is 307 g/mol. The number of halogens is 1. The predicted molar refractivity (Wildman–Crippen MR) is 86.3 cm³/mol. The van der Waals surface area contributed by atoms with Crippen LogP contribution in [0, 0.1) is 6.92 Å². The molecule has 0 amide bonds. The van der Waals surface area contributed by atoms with E-state index in [-0.39, 0.29) is 0 Å². The molecule has 112 valence electrons. The molecule has 0 unspecified atom stereocenters. The van der Waals surface area contributed by atoms with Crippen LogP contribution in [0.1, 0.15) is 5.56 Å². The van der Waals surface area contributed by atoms with Gasteiger partial charge in [-0.3, -0.25) is 0 Å². The lowest BCUT2D eigenvalue weighted by Crippen LogP contribution is -2.12. The Morgan fingerprint density at radius 1 is 1.29 bits per heavy atom. The molecule has 2 rings (SSSR count). The van der Waals surface area contributed by atoms with Crippen LogP contribution in [0.25, 0.3) is 0 Å². The molecule has 7 heteroatoms. The zero-order chi connectivity index (χ0) is 15.2. The molecule has 0 bridgehead atoms. The van der Waals surface area contributed by atoms with Crippen LogP contribution < -0.4 is 16.4 Å². The first-order valence-corrected chi connectivity index (χ1v) is 6.86. The molecule has 0 fully saturated rings. The first-order valence-electron chi connectivity index (χ1n) is 6.48. The molecule has 6 nitrogen and oxygen atoms in total. The van der Waals surface area contributed by atoms with Gasteiger partial charge in [0.25, 0.3) is 0 Å². The van der Waals surface area contributed by atoms with Crippen molar-refractivity contribution >= 4 is 34.6 Å². The number of hydrogen-bond donors (Lipinski definition) is 3. The molecule has 1 heterocycles. The van der Waals surface area contributed by atoms with E-state index in [1.807, 2.05) is 25.1 Å². The summed E-state index contributed by atoms with van der Waals surface area (Å²) in [6.07, 6.45) is 1.45. The van der Waals surface area contributed by atoms with Crippen molar-refractivity contribution < 1.29 is 4.74 Å². The fourth-order valence-electron chi connectivity index (χ4n) is 1.76. The Balaban J connectivity index is 2.20. The number of aromatic nitrogens is 2. The molecule has 0 atom stereocenters. The van der Waals surface area contributed by atoms with E-state index in [9.17, 15) is 0 Å². The number of aryl methyl sites for hydroxylation is 1. The maximum absolute atomic E-state index is 6.08. The predicted octanol–water partition coefficient (Wildman–Crippen LogP) is 2.82. The number of methoxy groups -OCH3 is 1. The van der Waals surface area contributed by atoms with Crippen LogP contribution in [0.3, 0.4) is 0 Å². The summed E-state index contributed by atoms with van der Waals surface area (Å²) in [5.41, 5.74) is 8.43. The Labute approximate surface area is 128 Å². The summed E-state index contributed by atoms with van der Waals surface area (Å²) >= 11 is 6.01. The number of benzene rings is 1. The van der Waals surface area contributed by atoms with Crippen LogP contribution in [0.5, 0.6) is 0 Å². The molecular weight excluding hydrogens is 290 g/mol. The van der Waals surface area contributed by atoms with Gasteiger partial charge in [-0.15, -0.1) is 0 Å². The van der Waals surface area contributed by atoms with Crippen LogP contribution in [-0.4, -0.2) is 30.2 Å². The van der Waals surface area contributed by atoms with E-state index in [1.165, 1.54) is 6.33 Å². The van der Waals surface area contributed by atoms with E-state index in [2.05, 4.69) is 20.6 Å². The van der Waals surface area contributed by atoms with Crippen molar-refractivity contribution in [3.8, 4) is 0 Å². The van der Waals surface area contributed by atoms with Crippen molar-refractivity contribution in [3.05, 3.63) is 35.1 Å². The molecule has 0 radical (unpaired) electrons. The molecule has 2 aromatic rings. The summed E-state index contributed by atoms with van der Waals surface area (Å²) in [7, 11) is 1.64. The lowest BCUT2D eigenvalue weighted by atomic mass is 10.2. The van der Waals surface area contributed by atoms with Crippen LogP contribution in [-0.2, 0) is 4.74 Å². The third-order valence-corrected chi connectivity index (χ3v) is 3.17. The zero-order valence-electron chi connectivity index (χ0n) is 12.0. The standard InChI is InChI=1S/C14H18ClN5O/c1-9-3-4-10(15)7-11(9)20-14-12(16)13(18-8-19-14)17-5-6-21-2/h3-4,7-8H,5-6,16H2,1-2H3,(H2,17,18,19,20). The van der Waals surface area contributed by atoms with Crippen molar-refractivity contribution in [1.82, 2.24) is 9.97 Å². The Kier molecular flexibility index (Phi) is 5.19. The molecule has 1 aromatic heterocycles. The fraction of sp³-hybridized carbons (Fsp3) is 0.286. The van der Waals surface area contributed by atoms with E-state index < -0.39 is 0 Å². The maximum Gasteiger partial charge on any atom is 0.159 e. The summed E-state index contributed by atoms with van der Waals surface area (Å²) < 4.78 is 4.98. The van der Waals surface area contributed by atoms with Crippen LogP contribution in [0.15, 0.2) is 24.5 Å². The number of nitrogens with zero attached hydrogens (tertiary/aromatic N) is 2. The highest BCUT2D eigenvalue weighted by Gasteiger charge is 2.09.